The van der Waals surface area contributed by atoms with E-state index in [1.165, 1.54) is 36.4 Å². The summed E-state index contributed by atoms with van der Waals surface area (Å²) in [5, 5.41) is 35.7. The van der Waals surface area contributed by atoms with E-state index in [4.69, 9.17) is 11.5 Å². The van der Waals surface area contributed by atoms with Gasteiger partial charge in [0, 0.05) is 6.42 Å². The molecule has 216 valence electrons. The number of rotatable bonds is 14. The zero-order valence-corrected chi connectivity index (χ0v) is 22.2. The molecule has 0 saturated heterocycles. The van der Waals surface area contributed by atoms with E-state index in [1.807, 2.05) is 0 Å². The van der Waals surface area contributed by atoms with Crippen LogP contribution in [0.1, 0.15) is 31.4 Å². The number of carboxylic acids is 1. The Kier molecular flexibility index (Phi) is 11.4. The first-order valence-electron chi connectivity index (χ1n) is 12.5. The van der Waals surface area contributed by atoms with Crippen molar-refractivity contribution in [2.45, 2.75) is 57.3 Å². The first kappa shape index (κ1) is 31.6. The van der Waals surface area contributed by atoms with Crippen LogP contribution in [-0.4, -0.2) is 69.1 Å². The van der Waals surface area contributed by atoms with Crippen molar-refractivity contribution in [3.05, 3.63) is 59.7 Å². The standard InChI is InChI=1S/C27H35N5O8/c1-14(2)23(27(39)40)32-26(38)21(13-22(29)35)31-25(37)20(12-16-5-9-18(34)10-6-16)30-24(36)19(28)11-15-3-7-17(33)8-4-15/h3-10,14,19-21,23,33-34H,11-13,28H2,1-2H3,(H2,29,35)(H,30,36)(H,31,37)(H,32,38)(H,39,40)/t19-,20-,21-,23-/m0/s1. The second kappa shape index (κ2) is 14.5. The Hall–Kier alpha value is -4.65. The molecule has 2 rings (SSSR count). The summed E-state index contributed by atoms with van der Waals surface area (Å²) < 4.78 is 0. The fourth-order valence-corrected chi connectivity index (χ4v) is 3.78. The molecule has 0 aliphatic heterocycles. The molecule has 40 heavy (non-hydrogen) atoms. The number of carboxylic acid groups (broad SMARTS) is 1. The number of primary amides is 1. The zero-order valence-electron chi connectivity index (χ0n) is 22.2. The number of hydrogen-bond acceptors (Lipinski definition) is 8. The van der Waals surface area contributed by atoms with Gasteiger partial charge >= 0.3 is 5.97 Å². The first-order valence-corrected chi connectivity index (χ1v) is 12.5. The predicted molar refractivity (Wildman–Crippen MR) is 144 cm³/mol. The summed E-state index contributed by atoms with van der Waals surface area (Å²) in [6, 6.07) is 6.78. The molecule has 0 unspecified atom stereocenters. The fourth-order valence-electron chi connectivity index (χ4n) is 3.78. The van der Waals surface area contributed by atoms with E-state index in [-0.39, 0.29) is 24.3 Å². The third kappa shape index (κ3) is 9.91. The smallest absolute Gasteiger partial charge is 0.326 e. The summed E-state index contributed by atoms with van der Waals surface area (Å²) in [6.45, 7) is 3.15. The number of hydrogen-bond donors (Lipinski definition) is 8. The molecule has 0 spiro atoms. The Morgan fingerprint density at radius 2 is 1.18 bits per heavy atom. The number of carbonyl (C=O) groups is 5. The molecule has 0 aliphatic rings. The topological polar surface area (TPSA) is 234 Å². The molecule has 0 saturated carbocycles. The number of benzene rings is 2. The maximum atomic E-state index is 13.3. The van der Waals surface area contributed by atoms with Gasteiger partial charge in [-0.15, -0.1) is 0 Å². The van der Waals surface area contributed by atoms with Crippen LogP contribution in [0.15, 0.2) is 48.5 Å². The lowest BCUT2D eigenvalue weighted by Crippen LogP contribution is -2.58. The van der Waals surface area contributed by atoms with Gasteiger partial charge in [-0.25, -0.2) is 4.79 Å². The van der Waals surface area contributed by atoms with Crippen LogP contribution in [0.2, 0.25) is 0 Å². The summed E-state index contributed by atoms with van der Waals surface area (Å²) in [4.78, 5) is 62.3. The average Bonchev–Trinajstić information content (AvgIpc) is 2.88. The minimum Gasteiger partial charge on any atom is -0.508 e. The Morgan fingerprint density at radius 3 is 1.62 bits per heavy atom. The highest BCUT2D eigenvalue weighted by molar-refractivity contribution is 5.96. The van der Waals surface area contributed by atoms with Gasteiger partial charge in [0.25, 0.3) is 0 Å². The molecule has 10 N–H and O–H groups in total. The normalized spacial score (nSPS) is 13.9. The number of carbonyl (C=O) groups excluding carboxylic acids is 4. The summed E-state index contributed by atoms with van der Waals surface area (Å²) in [7, 11) is 0. The maximum Gasteiger partial charge on any atom is 0.326 e. The van der Waals surface area contributed by atoms with Crippen molar-refractivity contribution >= 4 is 29.6 Å². The summed E-state index contributed by atoms with van der Waals surface area (Å²) >= 11 is 0. The van der Waals surface area contributed by atoms with Crippen LogP contribution in [0.5, 0.6) is 11.5 Å². The third-order valence-electron chi connectivity index (χ3n) is 6.01. The Labute approximate surface area is 230 Å². The van der Waals surface area contributed by atoms with Crippen molar-refractivity contribution in [3.63, 3.8) is 0 Å². The van der Waals surface area contributed by atoms with Crippen molar-refractivity contribution in [3.8, 4) is 11.5 Å². The molecule has 13 heteroatoms. The van der Waals surface area contributed by atoms with Crippen LogP contribution in [-0.2, 0) is 36.8 Å². The number of aromatic hydroxyl groups is 2. The van der Waals surface area contributed by atoms with Gasteiger partial charge < -0.3 is 42.7 Å². The van der Waals surface area contributed by atoms with Gasteiger partial charge in [-0.2, -0.15) is 0 Å². The molecule has 0 radical (unpaired) electrons. The number of phenols is 2. The molecule has 13 nitrogen and oxygen atoms in total. The molecule has 2 aromatic rings. The first-order chi connectivity index (χ1) is 18.8. The maximum absolute atomic E-state index is 13.3. The summed E-state index contributed by atoms with van der Waals surface area (Å²) in [5.74, 6) is -5.16. The second-order valence-corrected chi connectivity index (χ2v) is 9.71. The Balaban J connectivity index is 2.25. The number of phenolic OH excluding ortho intramolecular Hbond substituents is 2. The lowest BCUT2D eigenvalue weighted by Gasteiger charge is -2.25. The van der Waals surface area contributed by atoms with Gasteiger partial charge in [0.2, 0.25) is 23.6 Å². The summed E-state index contributed by atoms with van der Waals surface area (Å²) in [5.41, 5.74) is 12.5. The predicted octanol–water partition coefficient (Wildman–Crippen LogP) is -0.719. The van der Waals surface area contributed by atoms with E-state index in [2.05, 4.69) is 16.0 Å². The largest absolute Gasteiger partial charge is 0.508 e. The molecule has 2 aromatic carbocycles. The molecular weight excluding hydrogens is 522 g/mol. The van der Waals surface area contributed by atoms with E-state index in [0.717, 1.165) is 0 Å². The SMILES string of the molecule is CC(C)[C@H](NC(=O)[C@H](CC(N)=O)NC(=O)[C@H](Cc1ccc(O)cc1)NC(=O)[C@@H](N)Cc1ccc(O)cc1)C(=O)O. The third-order valence-corrected chi connectivity index (χ3v) is 6.01. The highest BCUT2D eigenvalue weighted by Crippen LogP contribution is 2.13. The van der Waals surface area contributed by atoms with E-state index in [9.17, 15) is 39.3 Å². The minimum atomic E-state index is -1.52. The van der Waals surface area contributed by atoms with Crippen LogP contribution in [0.25, 0.3) is 0 Å². The van der Waals surface area contributed by atoms with Gasteiger partial charge in [0.05, 0.1) is 12.5 Å². The van der Waals surface area contributed by atoms with Crippen molar-refractivity contribution in [2.75, 3.05) is 0 Å². The second-order valence-electron chi connectivity index (χ2n) is 9.71. The molecule has 4 atom stereocenters. The lowest BCUT2D eigenvalue weighted by molar-refractivity contribution is -0.143. The van der Waals surface area contributed by atoms with Gasteiger partial charge in [0.1, 0.15) is 29.6 Å². The van der Waals surface area contributed by atoms with E-state index >= 15 is 0 Å². The Morgan fingerprint density at radius 1 is 0.725 bits per heavy atom. The zero-order chi connectivity index (χ0) is 30.0. The van der Waals surface area contributed by atoms with E-state index in [0.29, 0.717) is 11.1 Å². The number of amides is 4. The molecule has 0 bridgehead atoms. The van der Waals surface area contributed by atoms with Crippen LogP contribution < -0.4 is 27.4 Å². The molecular formula is C27H35N5O8. The van der Waals surface area contributed by atoms with E-state index in [1.54, 1.807) is 26.0 Å². The highest BCUT2D eigenvalue weighted by Gasteiger charge is 2.32. The van der Waals surface area contributed by atoms with Crippen LogP contribution in [0, 0.1) is 5.92 Å². The molecule has 0 heterocycles. The monoisotopic (exact) mass is 557 g/mol. The highest BCUT2D eigenvalue weighted by atomic mass is 16.4. The Bertz CT molecular complexity index is 1200. The van der Waals surface area contributed by atoms with Crippen LogP contribution in [0.3, 0.4) is 0 Å². The van der Waals surface area contributed by atoms with Crippen molar-refractivity contribution < 1.29 is 39.3 Å². The van der Waals surface area contributed by atoms with Crippen LogP contribution >= 0.6 is 0 Å². The molecule has 0 aromatic heterocycles. The van der Waals surface area contributed by atoms with Gasteiger partial charge in [-0.3, -0.25) is 19.2 Å². The number of nitrogens with one attached hydrogen (secondary N) is 3. The van der Waals surface area contributed by atoms with Crippen molar-refractivity contribution in [1.82, 2.24) is 16.0 Å². The van der Waals surface area contributed by atoms with Crippen LogP contribution in [0.4, 0.5) is 0 Å². The van der Waals surface area contributed by atoms with Gasteiger partial charge in [-0.1, -0.05) is 38.1 Å². The van der Waals surface area contributed by atoms with Crippen molar-refractivity contribution in [1.29, 1.82) is 0 Å². The number of aliphatic carboxylic acids is 1. The molecule has 4 amide bonds. The average molecular weight is 558 g/mol. The van der Waals surface area contributed by atoms with Gasteiger partial charge in [-0.05, 0) is 47.7 Å². The summed E-state index contributed by atoms with van der Waals surface area (Å²) in [6.07, 6.45) is -0.598. The van der Waals surface area contributed by atoms with E-state index < -0.39 is 66.1 Å². The van der Waals surface area contributed by atoms with Crippen molar-refractivity contribution in [2.24, 2.45) is 17.4 Å². The quantitative estimate of drug-likeness (QED) is 0.146. The minimum absolute atomic E-state index is 0.0129. The molecule has 0 aliphatic carbocycles. The lowest BCUT2D eigenvalue weighted by atomic mass is 10.0. The fraction of sp³-hybridized carbons (Fsp3) is 0.370. The number of nitrogens with two attached hydrogens (primary N) is 2. The van der Waals surface area contributed by atoms with Gasteiger partial charge in [0.15, 0.2) is 0 Å². The molecule has 0 fully saturated rings.